The summed E-state index contributed by atoms with van der Waals surface area (Å²) in [5, 5.41) is 11.5. The lowest BCUT2D eigenvalue weighted by Crippen LogP contribution is -2.49. The fraction of sp³-hybridized carbons (Fsp3) is 0.364. The Morgan fingerprint density at radius 1 is 1.07 bits per heavy atom. The molecule has 0 saturated heterocycles. The summed E-state index contributed by atoms with van der Waals surface area (Å²) in [5.41, 5.74) is 5.76. The molecule has 2 aromatic rings. The van der Waals surface area contributed by atoms with Crippen molar-refractivity contribution in [3.63, 3.8) is 0 Å². The monoisotopic (exact) mass is 446 g/mol. The summed E-state index contributed by atoms with van der Waals surface area (Å²) in [6.07, 6.45) is 0. The highest BCUT2D eigenvalue weighted by Crippen LogP contribution is 2.29. The number of carbonyl (C=O) groups excluding carboxylic acids is 2. The first-order valence-corrected chi connectivity index (χ1v) is 9.87. The zero-order valence-electron chi connectivity index (χ0n) is 17.2. The molecule has 2 N–H and O–H groups in total. The third-order valence-corrected chi connectivity index (χ3v) is 4.85. The van der Waals surface area contributed by atoms with E-state index in [1.54, 1.807) is 19.1 Å². The standard InChI is InChI=1S/C22H27BrN2O3/c1-13-9-14(2)11-16(10-13)21(28)25(12-22(4,5)6)24-20(27)17-7-8-18(23)19(26)15(17)3/h7-11,26H,12H2,1-6H3,(H,24,27). The summed E-state index contributed by atoms with van der Waals surface area (Å²) in [6, 6.07) is 8.85. The predicted molar refractivity (Wildman–Crippen MR) is 114 cm³/mol. The smallest absolute Gasteiger partial charge is 0.272 e. The second-order valence-electron chi connectivity index (χ2n) is 8.34. The SMILES string of the molecule is Cc1cc(C)cc(C(=O)N(CC(C)(C)C)NC(=O)c2ccc(Br)c(O)c2C)c1. The minimum absolute atomic E-state index is 0.00987. The molecule has 0 aromatic heterocycles. The van der Waals surface area contributed by atoms with E-state index in [0.29, 0.717) is 27.7 Å². The molecule has 28 heavy (non-hydrogen) atoms. The van der Waals surface area contributed by atoms with Crippen molar-refractivity contribution in [1.29, 1.82) is 0 Å². The Morgan fingerprint density at radius 2 is 1.64 bits per heavy atom. The van der Waals surface area contributed by atoms with Gasteiger partial charge in [0.2, 0.25) is 0 Å². The largest absolute Gasteiger partial charge is 0.506 e. The highest BCUT2D eigenvalue weighted by Gasteiger charge is 2.25. The van der Waals surface area contributed by atoms with Gasteiger partial charge in [0.15, 0.2) is 0 Å². The molecule has 0 aliphatic heterocycles. The minimum Gasteiger partial charge on any atom is -0.506 e. The Kier molecular flexibility index (Phi) is 6.55. The highest BCUT2D eigenvalue weighted by molar-refractivity contribution is 9.10. The Bertz CT molecular complexity index is 896. The molecule has 0 fully saturated rings. The maximum absolute atomic E-state index is 13.2. The number of halogens is 1. The molecule has 0 aliphatic carbocycles. The third-order valence-electron chi connectivity index (χ3n) is 4.21. The Hall–Kier alpha value is -2.34. The lowest BCUT2D eigenvalue weighted by Gasteiger charge is -2.30. The number of phenols is 1. The molecule has 0 bridgehead atoms. The van der Waals surface area contributed by atoms with Gasteiger partial charge in [-0.3, -0.25) is 15.0 Å². The summed E-state index contributed by atoms with van der Waals surface area (Å²) in [7, 11) is 0. The van der Waals surface area contributed by atoms with Gasteiger partial charge in [0.05, 0.1) is 4.47 Å². The van der Waals surface area contributed by atoms with Crippen LogP contribution in [0.25, 0.3) is 0 Å². The van der Waals surface area contributed by atoms with Crippen molar-refractivity contribution in [3.05, 3.63) is 62.6 Å². The summed E-state index contributed by atoms with van der Waals surface area (Å²) in [5.74, 6) is -0.702. The average molecular weight is 447 g/mol. The van der Waals surface area contributed by atoms with Gasteiger partial charge in [0.25, 0.3) is 11.8 Å². The highest BCUT2D eigenvalue weighted by atomic mass is 79.9. The van der Waals surface area contributed by atoms with Crippen LogP contribution in [0.4, 0.5) is 0 Å². The zero-order chi connectivity index (χ0) is 21.2. The fourth-order valence-electron chi connectivity index (χ4n) is 2.99. The summed E-state index contributed by atoms with van der Waals surface area (Å²) in [4.78, 5) is 26.0. The van der Waals surface area contributed by atoms with Crippen molar-refractivity contribution < 1.29 is 14.7 Å². The number of hydrogen-bond acceptors (Lipinski definition) is 3. The van der Waals surface area contributed by atoms with E-state index in [-0.39, 0.29) is 17.1 Å². The van der Waals surface area contributed by atoms with Crippen molar-refractivity contribution in [2.45, 2.75) is 41.5 Å². The molecule has 2 aromatic carbocycles. The van der Waals surface area contributed by atoms with Crippen LogP contribution in [0.1, 0.15) is 58.2 Å². The van der Waals surface area contributed by atoms with Crippen LogP contribution in [0.15, 0.2) is 34.8 Å². The molecule has 0 aliphatic rings. The van der Waals surface area contributed by atoms with Gasteiger partial charge in [-0.15, -0.1) is 0 Å². The van der Waals surface area contributed by atoms with E-state index >= 15 is 0 Å². The minimum atomic E-state index is -0.442. The Balaban J connectivity index is 2.37. The summed E-state index contributed by atoms with van der Waals surface area (Å²) in [6.45, 7) is 11.9. The fourth-order valence-corrected chi connectivity index (χ4v) is 3.42. The Morgan fingerprint density at radius 3 is 2.18 bits per heavy atom. The number of amides is 2. The second kappa shape index (κ2) is 8.35. The van der Waals surface area contributed by atoms with E-state index in [9.17, 15) is 14.7 Å². The number of rotatable bonds is 3. The van der Waals surface area contributed by atoms with E-state index in [1.807, 2.05) is 52.8 Å². The van der Waals surface area contributed by atoms with Crippen LogP contribution in [-0.4, -0.2) is 28.5 Å². The zero-order valence-corrected chi connectivity index (χ0v) is 18.8. The number of hydrogen-bond donors (Lipinski definition) is 2. The number of nitrogens with zero attached hydrogens (tertiary/aromatic N) is 1. The van der Waals surface area contributed by atoms with Crippen molar-refractivity contribution in [2.24, 2.45) is 5.41 Å². The predicted octanol–water partition coefficient (Wildman–Crippen LogP) is 4.91. The van der Waals surface area contributed by atoms with Gasteiger partial charge >= 0.3 is 0 Å². The van der Waals surface area contributed by atoms with Gasteiger partial charge in [-0.05, 0) is 66.4 Å². The maximum Gasteiger partial charge on any atom is 0.272 e. The second-order valence-corrected chi connectivity index (χ2v) is 9.19. The molecule has 2 rings (SSSR count). The third kappa shape index (κ3) is 5.35. The van der Waals surface area contributed by atoms with E-state index in [0.717, 1.165) is 11.1 Å². The molecule has 0 atom stereocenters. The van der Waals surface area contributed by atoms with E-state index in [1.165, 1.54) is 5.01 Å². The molecular formula is C22H27BrN2O3. The molecule has 2 amide bonds. The molecular weight excluding hydrogens is 420 g/mol. The van der Waals surface area contributed by atoms with Crippen LogP contribution in [0.3, 0.4) is 0 Å². The molecule has 0 unspecified atom stereocenters. The summed E-state index contributed by atoms with van der Waals surface area (Å²) >= 11 is 3.24. The normalized spacial score (nSPS) is 11.2. The maximum atomic E-state index is 13.2. The van der Waals surface area contributed by atoms with Crippen molar-refractivity contribution in [1.82, 2.24) is 10.4 Å². The van der Waals surface area contributed by atoms with Gasteiger partial charge in [-0.1, -0.05) is 38.0 Å². The van der Waals surface area contributed by atoms with Gasteiger partial charge in [0.1, 0.15) is 5.75 Å². The number of aryl methyl sites for hydroxylation is 2. The molecule has 0 radical (unpaired) electrons. The topological polar surface area (TPSA) is 69.6 Å². The average Bonchev–Trinajstić information content (AvgIpc) is 2.56. The van der Waals surface area contributed by atoms with Gasteiger partial charge < -0.3 is 5.11 Å². The van der Waals surface area contributed by atoms with Crippen LogP contribution in [0.2, 0.25) is 0 Å². The number of hydrazine groups is 1. The quantitative estimate of drug-likeness (QED) is 0.657. The van der Waals surface area contributed by atoms with Crippen molar-refractivity contribution >= 4 is 27.7 Å². The van der Waals surface area contributed by atoms with Crippen LogP contribution in [0.5, 0.6) is 5.75 Å². The lowest BCUT2D eigenvalue weighted by molar-refractivity contribution is 0.0509. The van der Waals surface area contributed by atoms with E-state index in [2.05, 4.69) is 21.4 Å². The molecule has 5 nitrogen and oxygen atoms in total. The first-order valence-electron chi connectivity index (χ1n) is 9.08. The molecule has 0 spiro atoms. The van der Waals surface area contributed by atoms with Crippen molar-refractivity contribution in [3.8, 4) is 5.75 Å². The van der Waals surface area contributed by atoms with Crippen LogP contribution >= 0.6 is 15.9 Å². The number of carbonyl (C=O) groups is 2. The van der Waals surface area contributed by atoms with E-state index in [4.69, 9.17) is 0 Å². The summed E-state index contributed by atoms with van der Waals surface area (Å²) < 4.78 is 0.513. The first kappa shape index (κ1) is 22.0. The van der Waals surface area contributed by atoms with Gasteiger partial charge in [-0.25, -0.2) is 5.01 Å². The molecule has 0 heterocycles. The van der Waals surface area contributed by atoms with Crippen LogP contribution < -0.4 is 5.43 Å². The molecule has 0 saturated carbocycles. The van der Waals surface area contributed by atoms with Crippen molar-refractivity contribution in [2.75, 3.05) is 6.54 Å². The van der Waals surface area contributed by atoms with E-state index < -0.39 is 5.91 Å². The number of phenolic OH excluding ortho intramolecular Hbond substituents is 1. The number of nitrogens with one attached hydrogen (secondary N) is 1. The van der Waals surface area contributed by atoms with Gasteiger partial charge in [0, 0.05) is 23.2 Å². The first-order chi connectivity index (χ1) is 12.9. The van der Waals surface area contributed by atoms with Crippen LogP contribution in [-0.2, 0) is 0 Å². The van der Waals surface area contributed by atoms with Gasteiger partial charge in [-0.2, -0.15) is 0 Å². The molecule has 150 valence electrons. The Labute approximate surface area is 174 Å². The number of benzene rings is 2. The lowest BCUT2D eigenvalue weighted by atomic mass is 9.96. The number of aromatic hydroxyl groups is 1. The molecule has 6 heteroatoms. The van der Waals surface area contributed by atoms with Crippen LogP contribution in [0, 0.1) is 26.2 Å².